The Morgan fingerprint density at radius 2 is 2.06 bits per heavy atom. The molecule has 0 aromatic heterocycles. The molecule has 0 saturated carbocycles. The molecule has 5 heteroatoms. The topological polar surface area (TPSA) is 70.0 Å². The monoisotopic (exact) mass is 251 g/mol. The molecule has 0 atom stereocenters. The fourth-order valence-electron chi connectivity index (χ4n) is 2.05. The van der Waals surface area contributed by atoms with Crippen LogP contribution in [-0.4, -0.2) is 46.3 Å². The van der Waals surface area contributed by atoms with Crippen LogP contribution in [0.2, 0.25) is 0 Å². The molecule has 1 aliphatic heterocycles. The number of carbonyl (C=O) groups excluding carboxylic acids is 1. The Morgan fingerprint density at radius 3 is 2.67 bits per heavy atom. The standard InChI is InChI=1S/C13H17NO4/c1-13(2)8-18-6-5-14(13)12(17)9-3-4-10(15)11(16)7-9/h3-4,7,15-16H,5-6,8H2,1-2H3. The smallest absolute Gasteiger partial charge is 0.254 e. The second-order valence-corrected chi connectivity index (χ2v) is 5.03. The van der Waals surface area contributed by atoms with Gasteiger partial charge in [0.15, 0.2) is 11.5 Å². The summed E-state index contributed by atoms with van der Waals surface area (Å²) in [6.07, 6.45) is 0. The van der Waals surface area contributed by atoms with Gasteiger partial charge in [0.2, 0.25) is 0 Å². The third kappa shape index (κ3) is 2.26. The number of amides is 1. The first kappa shape index (κ1) is 12.7. The maximum Gasteiger partial charge on any atom is 0.254 e. The van der Waals surface area contributed by atoms with E-state index in [1.165, 1.54) is 18.2 Å². The molecule has 2 rings (SSSR count). The predicted molar refractivity (Wildman–Crippen MR) is 65.7 cm³/mol. The van der Waals surface area contributed by atoms with Crippen molar-refractivity contribution in [1.82, 2.24) is 4.90 Å². The Hall–Kier alpha value is -1.75. The molecule has 1 fully saturated rings. The number of ether oxygens (including phenoxy) is 1. The number of hydrogen-bond donors (Lipinski definition) is 2. The van der Waals surface area contributed by atoms with Crippen LogP contribution in [0, 0.1) is 0 Å². The van der Waals surface area contributed by atoms with Gasteiger partial charge in [-0.05, 0) is 32.0 Å². The SMILES string of the molecule is CC1(C)COCCN1C(=O)c1ccc(O)c(O)c1. The molecule has 2 N–H and O–H groups in total. The quantitative estimate of drug-likeness (QED) is 0.739. The number of hydrogen-bond acceptors (Lipinski definition) is 4. The molecule has 98 valence electrons. The highest BCUT2D eigenvalue weighted by Gasteiger charge is 2.34. The minimum atomic E-state index is -0.372. The Kier molecular flexibility index (Phi) is 3.17. The van der Waals surface area contributed by atoms with E-state index in [0.29, 0.717) is 25.3 Å². The van der Waals surface area contributed by atoms with Crippen LogP contribution in [-0.2, 0) is 4.74 Å². The molecule has 0 spiro atoms. The Morgan fingerprint density at radius 1 is 1.33 bits per heavy atom. The second kappa shape index (κ2) is 4.49. The van der Waals surface area contributed by atoms with Crippen LogP contribution in [0.5, 0.6) is 11.5 Å². The van der Waals surface area contributed by atoms with Crippen LogP contribution in [0.15, 0.2) is 18.2 Å². The van der Waals surface area contributed by atoms with Crippen LogP contribution in [0.25, 0.3) is 0 Å². The zero-order chi connectivity index (χ0) is 13.3. The lowest BCUT2D eigenvalue weighted by atomic mass is 10.0. The van der Waals surface area contributed by atoms with Crippen molar-refractivity contribution < 1.29 is 19.7 Å². The molecule has 1 amide bonds. The summed E-state index contributed by atoms with van der Waals surface area (Å²) < 4.78 is 5.36. The largest absolute Gasteiger partial charge is 0.504 e. The van der Waals surface area contributed by atoms with Crippen molar-refractivity contribution in [1.29, 1.82) is 0 Å². The normalized spacial score (nSPS) is 18.7. The third-order valence-electron chi connectivity index (χ3n) is 3.11. The number of benzene rings is 1. The molecule has 18 heavy (non-hydrogen) atoms. The predicted octanol–water partition coefficient (Wildman–Crippen LogP) is 1.35. The summed E-state index contributed by atoms with van der Waals surface area (Å²) in [5.41, 5.74) is -0.0108. The number of phenolic OH excluding ortho intramolecular Hbond substituents is 2. The van der Waals surface area contributed by atoms with E-state index in [9.17, 15) is 15.0 Å². The lowest BCUT2D eigenvalue weighted by molar-refractivity contribution is -0.0370. The highest BCUT2D eigenvalue weighted by atomic mass is 16.5. The minimum absolute atomic E-state index is 0.168. The highest BCUT2D eigenvalue weighted by molar-refractivity contribution is 5.95. The molecule has 1 saturated heterocycles. The van der Waals surface area contributed by atoms with Crippen LogP contribution >= 0.6 is 0 Å². The Balaban J connectivity index is 2.27. The summed E-state index contributed by atoms with van der Waals surface area (Å²) in [4.78, 5) is 14.1. The molecule has 0 aliphatic carbocycles. The van der Waals surface area contributed by atoms with E-state index >= 15 is 0 Å². The number of phenols is 2. The van der Waals surface area contributed by atoms with Crippen molar-refractivity contribution in [2.45, 2.75) is 19.4 Å². The Labute approximate surface area is 106 Å². The van der Waals surface area contributed by atoms with Crippen LogP contribution < -0.4 is 0 Å². The first-order valence-electron chi connectivity index (χ1n) is 5.83. The van der Waals surface area contributed by atoms with Gasteiger partial charge < -0.3 is 19.8 Å². The zero-order valence-corrected chi connectivity index (χ0v) is 10.5. The molecular formula is C13H17NO4. The van der Waals surface area contributed by atoms with Gasteiger partial charge in [0.05, 0.1) is 18.8 Å². The van der Waals surface area contributed by atoms with Gasteiger partial charge in [0.1, 0.15) is 0 Å². The molecule has 1 aliphatic rings. The van der Waals surface area contributed by atoms with Gasteiger partial charge in [0, 0.05) is 12.1 Å². The van der Waals surface area contributed by atoms with Crippen molar-refractivity contribution >= 4 is 5.91 Å². The average Bonchev–Trinajstić information content (AvgIpc) is 2.31. The van der Waals surface area contributed by atoms with Crippen LogP contribution in [0.1, 0.15) is 24.2 Å². The molecular weight excluding hydrogens is 234 g/mol. The fraction of sp³-hybridized carbons (Fsp3) is 0.462. The van der Waals surface area contributed by atoms with Gasteiger partial charge in [-0.15, -0.1) is 0 Å². The molecule has 1 heterocycles. The fourth-order valence-corrected chi connectivity index (χ4v) is 2.05. The van der Waals surface area contributed by atoms with Crippen LogP contribution in [0.3, 0.4) is 0 Å². The van der Waals surface area contributed by atoms with E-state index in [1.54, 1.807) is 4.90 Å². The summed E-state index contributed by atoms with van der Waals surface area (Å²) >= 11 is 0. The first-order chi connectivity index (χ1) is 8.42. The zero-order valence-electron chi connectivity index (χ0n) is 10.5. The first-order valence-corrected chi connectivity index (χ1v) is 5.83. The maximum atomic E-state index is 12.4. The van der Waals surface area contributed by atoms with Gasteiger partial charge in [-0.3, -0.25) is 4.79 Å². The van der Waals surface area contributed by atoms with E-state index in [4.69, 9.17) is 4.74 Å². The number of rotatable bonds is 1. The summed E-state index contributed by atoms with van der Waals surface area (Å²) in [5.74, 6) is -0.682. The van der Waals surface area contributed by atoms with Crippen molar-refractivity contribution in [3.05, 3.63) is 23.8 Å². The number of aromatic hydroxyl groups is 2. The Bertz CT molecular complexity index is 470. The summed E-state index contributed by atoms with van der Waals surface area (Å²) in [7, 11) is 0. The van der Waals surface area contributed by atoms with Crippen molar-refractivity contribution in [2.75, 3.05) is 19.8 Å². The van der Waals surface area contributed by atoms with Crippen molar-refractivity contribution in [3.8, 4) is 11.5 Å². The number of morpholine rings is 1. The van der Waals surface area contributed by atoms with Gasteiger partial charge in [-0.2, -0.15) is 0 Å². The molecule has 0 radical (unpaired) electrons. The lowest BCUT2D eigenvalue weighted by Gasteiger charge is -2.42. The van der Waals surface area contributed by atoms with E-state index in [-0.39, 0.29) is 22.9 Å². The molecule has 1 aromatic rings. The van der Waals surface area contributed by atoms with E-state index < -0.39 is 0 Å². The minimum Gasteiger partial charge on any atom is -0.504 e. The summed E-state index contributed by atoms with van der Waals surface area (Å²) in [5, 5.41) is 18.7. The molecule has 0 unspecified atom stereocenters. The van der Waals surface area contributed by atoms with E-state index in [0.717, 1.165) is 0 Å². The molecule has 1 aromatic carbocycles. The van der Waals surface area contributed by atoms with Gasteiger partial charge in [-0.25, -0.2) is 0 Å². The number of nitrogens with zero attached hydrogens (tertiary/aromatic N) is 1. The third-order valence-corrected chi connectivity index (χ3v) is 3.11. The van der Waals surface area contributed by atoms with E-state index in [2.05, 4.69) is 0 Å². The summed E-state index contributed by atoms with van der Waals surface area (Å²) in [6.45, 7) is 5.39. The van der Waals surface area contributed by atoms with E-state index in [1.807, 2.05) is 13.8 Å². The van der Waals surface area contributed by atoms with Crippen LogP contribution in [0.4, 0.5) is 0 Å². The molecule has 0 bridgehead atoms. The number of carbonyl (C=O) groups is 1. The van der Waals surface area contributed by atoms with Gasteiger partial charge in [0.25, 0.3) is 5.91 Å². The lowest BCUT2D eigenvalue weighted by Crippen LogP contribution is -2.55. The maximum absolute atomic E-state index is 12.4. The molecule has 5 nitrogen and oxygen atoms in total. The highest BCUT2D eigenvalue weighted by Crippen LogP contribution is 2.27. The second-order valence-electron chi connectivity index (χ2n) is 5.03. The summed E-state index contributed by atoms with van der Waals surface area (Å²) in [6, 6.07) is 4.10. The average molecular weight is 251 g/mol. The van der Waals surface area contributed by atoms with Gasteiger partial charge in [-0.1, -0.05) is 0 Å². The van der Waals surface area contributed by atoms with Gasteiger partial charge >= 0.3 is 0 Å². The van der Waals surface area contributed by atoms with Crippen molar-refractivity contribution in [3.63, 3.8) is 0 Å². The van der Waals surface area contributed by atoms with Crippen molar-refractivity contribution in [2.24, 2.45) is 0 Å².